The molecule has 1 aliphatic heterocycles. The molecular weight excluding hydrogens is 236 g/mol. The average Bonchev–Trinajstić information content (AvgIpc) is 2.77. The van der Waals surface area contributed by atoms with Crippen LogP contribution >= 0.6 is 0 Å². The van der Waals surface area contributed by atoms with Gasteiger partial charge in [0.1, 0.15) is 5.84 Å². The Labute approximate surface area is 112 Å². The number of ketones is 1. The number of benzene rings is 2. The summed E-state index contributed by atoms with van der Waals surface area (Å²) < 4.78 is 0. The van der Waals surface area contributed by atoms with Crippen LogP contribution in [0.15, 0.2) is 48.5 Å². The molecule has 2 aromatic carbocycles. The van der Waals surface area contributed by atoms with Crippen LogP contribution in [-0.2, 0) is 6.54 Å². The number of fused-ring (bicyclic) bond motifs is 1. The van der Waals surface area contributed by atoms with Gasteiger partial charge in [0.2, 0.25) is 0 Å². The molecule has 0 spiro atoms. The first-order valence-corrected chi connectivity index (χ1v) is 6.22. The van der Waals surface area contributed by atoms with E-state index in [9.17, 15) is 4.79 Å². The van der Waals surface area contributed by atoms with E-state index in [1.54, 1.807) is 6.92 Å². The van der Waals surface area contributed by atoms with Crippen molar-refractivity contribution in [1.82, 2.24) is 0 Å². The van der Waals surface area contributed by atoms with Gasteiger partial charge in [-0.1, -0.05) is 24.3 Å². The zero-order valence-electron chi connectivity index (χ0n) is 10.7. The number of anilines is 1. The molecule has 0 bridgehead atoms. The standard InChI is InChI=1S/C16H14N2O/c1-11(19)12-6-8-14(9-7-12)18-10-13-4-2-3-5-15(13)16(18)17/h2-9,17H,10H2,1H3. The van der Waals surface area contributed by atoms with Crippen molar-refractivity contribution in [3.8, 4) is 0 Å². The number of nitrogens with one attached hydrogen (secondary N) is 1. The number of hydrogen-bond donors (Lipinski definition) is 1. The maximum absolute atomic E-state index is 11.3. The molecule has 0 saturated heterocycles. The molecule has 0 atom stereocenters. The second kappa shape index (κ2) is 4.35. The Morgan fingerprint density at radius 1 is 1.11 bits per heavy atom. The van der Waals surface area contributed by atoms with Gasteiger partial charge in [-0.2, -0.15) is 0 Å². The third-order valence-electron chi connectivity index (χ3n) is 3.46. The Bertz CT molecular complexity index is 659. The zero-order chi connectivity index (χ0) is 13.4. The van der Waals surface area contributed by atoms with E-state index in [1.807, 2.05) is 53.4 Å². The van der Waals surface area contributed by atoms with Crippen molar-refractivity contribution >= 4 is 17.3 Å². The van der Waals surface area contributed by atoms with Crippen molar-refractivity contribution in [2.45, 2.75) is 13.5 Å². The molecule has 3 heteroatoms. The molecule has 1 N–H and O–H groups in total. The SMILES string of the molecule is CC(=O)c1ccc(N2Cc3ccccc3C2=N)cc1. The number of Topliss-reactive ketones (excluding diaryl/α,β-unsaturated/α-hetero) is 1. The minimum Gasteiger partial charge on any atom is -0.322 e. The van der Waals surface area contributed by atoms with E-state index in [2.05, 4.69) is 0 Å². The fraction of sp³-hybridized carbons (Fsp3) is 0.125. The van der Waals surface area contributed by atoms with Crippen LogP contribution in [0.1, 0.15) is 28.4 Å². The molecule has 3 nitrogen and oxygen atoms in total. The van der Waals surface area contributed by atoms with Crippen LogP contribution < -0.4 is 4.90 Å². The summed E-state index contributed by atoms with van der Waals surface area (Å²) in [4.78, 5) is 13.2. The first-order valence-electron chi connectivity index (χ1n) is 6.22. The van der Waals surface area contributed by atoms with Gasteiger partial charge in [0, 0.05) is 16.8 Å². The number of rotatable bonds is 2. The minimum atomic E-state index is 0.0614. The molecule has 19 heavy (non-hydrogen) atoms. The average molecular weight is 250 g/mol. The smallest absolute Gasteiger partial charge is 0.159 e. The summed E-state index contributed by atoms with van der Waals surface area (Å²) in [6, 6.07) is 15.4. The van der Waals surface area contributed by atoms with Gasteiger partial charge in [-0.3, -0.25) is 10.2 Å². The van der Waals surface area contributed by atoms with Crippen LogP contribution in [0, 0.1) is 5.41 Å². The predicted octanol–water partition coefficient (Wildman–Crippen LogP) is 3.23. The van der Waals surface area contributed by atoms with Gasteiger partial charge in [0.25, 0.3) is 0 Å². The summed E-state index contributed by atoms with van der Waals surface area (Å²) in [7, 11) is 0. The van der Waals surface area contributed by atoms with E-state index in [-0.39, 0.29) is 5.78 Å². The van der Waals surface area contributed by atoms with Gasteiger partial charge in [0.05, 0.1) is 6.54 Å². The van der Waals surface area contributed by atoms with E-state index in [0.717, 1.165) is 11.3 Å². The normalized spacial score (nSPS) is 13.5. The topological polar surface area (TPSA) is 44.2 Å². The third-order valence-corrected chi connectivity index (χ3v) is 3.46. The summed E-state index contributed by atoms with van der Waals surface area (Å²) in [6.45, 7) is 2.27. The predicted molar refractivity (Wildman–Crippen MR) is 75.9 cm³/mol. The second-order valence-corrected chi connectivity index (χ2v) is 4.69. The van der Waals surface area contributed by atoms with Crippen molar-refractivity contribution in [3.05, 3.63) is 65.2 Å². The number of hydrogen-bond acceptors (Lipinski definition) is 2. The zero-order valence-corrected chi connectivity index (χ0v) is 10.7. The molecule has 94 valence electrons. The number of carbonyl (C=O) groups excluding carboxylic acids is 1. The monoisotopic (exact) mass is 250 g/mol. The first-order chi connectivity index (χ1) is 9.16. The Balaban J connectivity index is 1.93. The summed E-state index contributed by atoms with van der Waals surface area (Å²) >= 11 is 0. The lowest BCUT2D eigenvalue weighted by molar-refractivity contribution is 0.101. The molecule has 0 unspecified atom stereocenters. The minimum absolute atomic E-state index is 0.0614. The van der Waals surface area contributed by atoms with Crippen LogP contribution in [-0.4, -0.2) is 11.6 Å². The summed E-state index contributed by atoms with van der Waals surface area (Å²) in [5, 5.41) is 8.22. The van der Waals surface area contributed by atoms with Crippen molar-refractivity contribution in [2.24, 2.45) is 0 Å². The summed E-state index contributed by atoms with van der Waals surface area (Å²) in [5.41, 5.74) is 3.81. The number of amidine groups is 1. The second-order valence-electron chi connectivity index (χ2n) is 4.69. The van der Waals surface area contributed by atoms with Crippen LogP contribution in [0.5, 0.6) is 0 Å². The highest BCUT2D eigenvalue weighted by molar-refractivity contribution is 6.11. The lowest BCUT2D eigenvalue weighted by Crippen LogP contribution is -2.22. The maximum Gasteiger partial charge on any atom is 0.159 e. The van der Waals surface area contributed by atoms with Crippen LogP contribution in [0.25, 0.3) is 0 Å². The molecule has 0 aromatic heterocycles. The van der Waals surface area contributed by atoms with E-state index < -0.39 is 0 Å². The van der Waals surface area contributed by atoms with Gasteiger partial charge in [-0.15, -0.1) is 0 Å². The Morgan fingerprint density at radius 3 is 2.42 bits per heavy atom. The quantitative estimate of drug-likeness (QED) is 0.831. The highest BCUT2D eigenvalue weighted by Crippen LogP contribution is 2.28. The van der Waals surface area contributed by atoms with E-state index in [4.69, 9.17) is 5.41 Å². The number of nitrogens with zero attached hydrogens (tertiary/aromatic N) is 1. The maximum atomic E-state index is 11.3. The van der Waals surface area contributed by atoms with Crippen LogP contribution in [0.3, 0.4) is 0 Å². The van der Waals surface area contributed by atoms with Crippen molar-refractivity contribution in [1.29, 1.82) is 5.41 Å². The Hall–Kier alpha value is -2.42. The fourth-order valence-corrected chi connectivity index (χ4v) is 2.38. The summed E-state index contributed by atoms with van der Waals surface area (Å²) in [5.74, 6) is 0.581. The molecular formula is C16H14N2O. The lowest BCUT2D eigenvalue weighted by Gasteiger charge is -2.18. The molecule has 3 rings (SSSR count). The third kappa shape index (κ3) is 1.93. The largest absolute Gasteiger partial charge is 0.322 e. The van der Waals surface area contributed by atoms with Crippen molar-refractivity contribution in [3.63, 3.8) is 0 Å². The highest BCUT2D eigenvalue weighted by Gasteiger charge is 2.24. The fourth-order valence-electron chi connectivity index (χ4n) is 2.38. The van der Waals surface area contributed by atoms with Crippen LogP contribution in [0.4, 0.5) is 5.69 Å². The van der Waals surface area contributed by atoms with E-state index in [0.29, 0.717) is 17.9 Å². The molecule has 0 amide bonds. The lowest BCUT2D eigenvalue weighted by atomic mass is 10.1. The molecule has 0 radical (unpaired) electrons. The van der Waals surface area contributed by atoms with Crippen LogP contribution in [0.2, 0.25) is 0 Å². The number of carbonyl (C=O) groups is 1. The molecule has 0 fully saturated rings. The van der Waals surface area contributed by atoms with Crippen molar-refractivity contribution in [2.75, 3.05) is 4.90 Å². The van der Waals surface area contributed by atoms with Gasteiger partial charge in [-0.25, -0.2) is 0 Å². The van der Waals surface area contributed by atoms with Gasteiger partial charge in [0.15, 0.2) is 5.78 Å². The van der Waals surface area contributed by atoms with Gasteiger partial charge >= 0.3 is 0 Å². The highest BCUT2D eigenvalue weighted by atomic mass is 16.1. The first kappa shape index (κ1) is 11.7. The Kier molecular flexibility index (Phi) is 2.67. The van der Waals surface area contributed by atoms with Crippen molar-refractivity contribution < 1.29 is 4.79 Å². The molecule has 0 aliphatic carbocycles. The van der Waals surface area contributed by atoms with Gasteiger partial charge < -0.3 is 4.90 Å². The Morgan fingerprint density at radius 2 is 1.79 bits per heavy atom. The summed E-state index contributed by atoms with van der Waals surface area (Å²) in [6.07, 6.45) is 0. The van der Waals surface area contributed by atoms with Gasteiger partial charge in [-0.05, 0) is 36.8 Å². The molecule has 1 aliphatic rings. The van der Waals surface area contributed by atoms with E-state index >= 15 is 0 Å². The van der Waals surface area contributed by atoms with E-state index in [1.165, 1.54) is 5.56 Å². The molecule has 2 aromatic rings. The molecule has 1 heterocycles. The molecule has 0 saturated carbocycles.